The van der Waals surface area contributed by atoms with E-state index in [1.807, 2.05) is 6.92 Å². The number of rotatable bonds is 6. The highest BCUT2D eigenvalue weighted by Gasteiger charge is 2.15. The van der Waals surface area contributed by atoms with Crippen molar-refractivity contribution in [2.24, 2.45) is 0 Å². The second kappa shape index (κ2) is 7.58. The molecule has 0 spiro atoms. The number of ether oxygens (including phenoxy) is 1. The molecule has 1 aromatic rings. The number of hydrogen-bond donors (Lipinski definition) is 0. The maximum atomic E-state index is 12.4. The fourth-order valence-corrected chi connectivity index (χ4v) is 1.86. The number of ketones is 1. The molecule has 0 aliphatic heterocycles. The second-order valence-corrected chi connectivity index (χ2v) is 4.49. The zero-order valence-electron chi connectivity index (χ0n) is 12.0. The van der Waals surface area contributed by atoms with E-state index < -0.39 is 12.5 Å². The van der Waals surface area contributed by atoms with Crippen molar-refractivity contribution in [3.63, 3.8) is 0 Å². The van der Waals surface area contributed by atoms with E-state index in [2.05, 4.69) is 4.74 Å². The van der Waals surface area contributed by atoms with Crippen molar-refractivity contribution in [3.05, 3.63) is 41.0 Å². The Morgan fingerprint density at radius 2 is 1.90 bits per heavy atom. The molecule has 0 amide bonds. The third kappa shape index (κ3) is 4.02. The molecule has 0 fully saturated rings. The minimum absolute atomic E-state index is 0.296. The summed E-state index contributed by atoms with van der Waals surface area (Å²) >= 11 is 0. The Labute approximate surface area is 118 Å². The van der Waals surface area contributed by atoms with Crippen molar-refractivity contribution in [1.29, 1.82) is 0 Å². The smallest absolute Gasteiger partial charge is 0.312 e. The summed E-state index contributed by atoms with van der Waals surface area (Å²) in [6.07, 6.45) is 2.16. The van der Waals surface area contributed by atoms with E-state index in [9.17, 15) is 14.0 Å². The molecule has 0 bridgehead atoms. The first-order valence-electron chi connectivity index (χ1n) is 6.51. The molecule has 1 aromatic carbocycles. The van der Waals surface area contributed by atoms with Crippen LogP contribution in [-0.4, -0.2) is 25.5 Å². The molecular formula is C16H19FO3. The molecule has 20 heavy (non-hydrogen) atoms. The van der Waals surface area contributed by atoms with Gasteiger partial charge in [0.25, 0.3) is 0 Å². The Kier molecular flexibility index (Phi) is 6.10. The Morgan fingerprint density at radius 1 is 1.30 bits per heavy atom. The normalized spacial score (nSPS) is 12.9. The van der Waals surface area contributed by atoms with E-state index in [4.69, 9.17) is 0 Å². The lowest BCUT2D eigenvalue weighted by atomic mass is 9.98. The maximum absolute atomic E-state index is 12.4. The van der Waals surface area contributed by atoms with E-state index >= 15 is 0 Å². The molecule has 0 heterocycles. The fraction of sp³-hybridized carbons (Fsp3) is 0.375. The monoisotopic (exact) mass is 278 g/mol. The average molecular weight is 278 g/mol. The van der Waals surface area contributed by atoms with E-state index in [1.54, 1.807) is 37.3 Å². The van der Waals surface area contributed by atoms with Gasteiger partial charge >= 0.3 is 5.97 Å². The molecule has 1 unspecified atom stereocenters. The van der Waals surface area contributed by atoms with Crippen molar-refractivity contribution in [3.8, 4) is 0 Å². The molecule has 0 saturated heterocycles. The highest BCUT2D eigenvalue weighted by Crippen LogP contribution is 2.19. The third-order valence-electron chi connectivity index (χ3n) is 3.19. The zero-order chi connectivity index (χ0) is 15.1. The molecule has 0 saturated carbocycles. The summed E-state index contributed by atoms with van der Waals surface area (Å²) in [7, 11) is 1.35. The molecule has 4 heteroatoms. The first kappa shape index (κ1) is 16.1. The van der Waals surface area contributed by atoms with Gasteiger partial charge in [0.05, 0.1) is 13.0 Å². The molecule has 1 rings (SSSR count). The van der Waals surface area contributed by atoms with Crippen molar-refractivity contribution >= 4 is 17.8 Å². The number of Topliss-reactive ketones (excluding diaryl/α,β-unsaturated/α-hetero) is 1. The lowest BCUT2D eigenvalue weighted by Crippen LogP contribution is -2.10. The van der Waals surface area contributed by atoms with Crippen LogP contribution in [0.15, 0.2) is 29.8 Å². The van der Waals surface area contributed by atoms with Crippen LogP contribution in [0.4, 0.5) is 4.39 Å². The molecule has 0 N–H and O–H groups in total. The Bertz CT molecular complexity index is 503. The van der Waals surface area contributed by atoms with Crippen LogP contribution in [-0.2, 0) is 14.3 Å². The van der Waals surface area contributed by atoms with Crippen LogP contribution in [0.5, 0.6) is 0 Å². The molecule has 0 aromatic heterocycles. The molecule has 0 aliphatic rings. The number of hydrogen-bond acceptors (Lipinski definition) is 3. The summed E-state index contributed by atoms with van der Waals surface area (Å²) in [5.74, 6) is -1.12. The quantitative estimate of drug-likeness (QED) is 0.592. The summed E-state index contributed by atoms with van der Waals surface area (Å²) in [6, 6.07) is 7.22. The molecule has 108 valence electrons. The maximum Gasteiger partial charge on any atom is 0.312 e. The van der Waals surface area contributed by atoms with Gasteiger partial charge < -0.3 is 4.74 Å². The van der Waals surface area contributed by atoms with Gasteiger partial charge in [-0.25, -0.2) is 4.39 Å². The van der Waals surface area contributed by atoms with Gasteiger partial charge in [0, 0.05) is 0 Å². The number of allylic oxidation sites excluding steroid dienone is 1. The Balaban J connectivity index is 2.94. The van der Waals surface area contributed by atoms with Crippen LogP contribution < -0.4 is 0 Å². The van der Waals surface area contributed by atoms with E-state index in [-0.39, 0.29) is 11.9 Å². The van der Waals surface area contributed by atoms with Gasteiger partial charge in [-0.3, -0.25) is 9.59 Å². The van der Waals surface area contributed by atoms with Crippen LogP contribution >= 0.6 is 0 Å². The number of alkyl halides is 1. The summed E-state index contributed by atoms with van der Waals surface area (Å²) in [4.78, 5) is 22.8. The van der Waals surface area contributed by atoms with Gasteiger partial charge in [-0.05, 0) is 36.1 Å². The average Bonchev–Trinajstić information content (AvgIpc) is 2.50. The number of carbonyl (C=O) groups is 2. The fourth-order valence-electron chi connectivity index (χ4n) is 1.86. The van der Waals surface area contributed by atoms with Crippen molar-refractivity contribution < 1.29 is 18.7 Å². The highest BCUT2D eigenvalue weighted by atomic mass is 19.1. The zero-order valence-corrected chi connectivity index (χ0v) is 12.0. The van der Waals surface area contributed by atoms with Crippen LogP contribution in [0.3, 0.4) is 0 Å². The minimum Gasteiger partial charge on any atom is -0.469 e. The van der Waals surface area contributed by atoms with Crippen molar-refractivity contribution in [2.45, 2.75) is 26.2 Å². The number of methoxy groups -OCH3 is 1. The van der Waals surface area contributed by atoms with Crippen molar-refractivity contribution in [1.82, 2.24) is 0 Å². The minimum atomic E-state index is -0.975. The number of carbonyl (C=O) groups excluding carboxylic acids is 2. The van der Waals surface area contributed by atoms with Gasteiger partial charge in [-0.15, -0.1) is 0 Å². The molecule has 1 atom stereocenters. The largest absolute Gasteiger partial charge is 0.469 e. The highest BCUT2D eigenvalue weighted by molar-refractivity contribution is 6.00. The Hall–Kier alpha value is -1.97. The summed E-state index contributed by atoms with van der Waals surface area (Å²) < 4.78 is 17.1. The van der Waals surface area contributed by atoms with Gasteiger partial charge in [0.1, 0.15) is 0 Å². The van der Waals surface area contributed by atoms with E-state index in [1.165, 1.54) is 7.11 Å². The van der Waals surface area contributed by atoms with E-state index in [0.29, 0.717) is 12.0 Å². The first-order valence-corrected chi connectivity index (χ1v) is 6.51. The van der Waals surface area contributed by atoms with Crippen molar-refractivity contribution in [2.75, 3.05) is 13.8 Å². The van der Waals surface area contributed by atoms with Gasteiger partial charge in [-0.1, -0.05) is 31.2 Å². The predicted octanol–water partition coefficient (Wildman–Crippen LogP) is 3.30. The molecule has 0 radical (unpaired) electrons. The van der Waals surface area contributed by atoms with Crippen LogP contribution in [0.2, 0.25) is 0 Å². The van der Waals surface area contributed by atoms with Gasteiger partial charge in [0.15, 0.2) is 12.5 Å². The van der Waals surface area contributed by atoms with E-state index in [0.717, 1.165) is 11.1 Å². The summed E-state index contributed by atoms with van der Waals surface area (Å²) in [5, 5.41) is 0. The lowest BCUT2D eigenvalue weighted by Gasteiger charge is -2.09. The number of halogens is 1. The lowest BCUT2D eigenvalue weighted by molar-refractivity contribution is -0.142. The van der Waals surface area contributed by atoms with Crippen LogP contribution in [0.25, 0.3) is 6.08 Å². The molecule has 0 aliphatic carbocycles. The van der Waals surface area contributed by atoms with Crippen LogP contribution in [0.1, 0.15) is 37.3 Å². The predicted molar refractivity (Wildman–Crippen MR) is 76.1 cm³/mol. The summed E-state index contributed by atoms with van der Waals surface area (Å²) in [6.45, 7) is 2.60. The molecular weight excluding hydrogens is 259 g/mol. The number of benzene rings is 1. The van der Waals surface area contributed by atoms with Gasteiger partial charge in [0.2, 0.25) is 0 Å². The van der Waals surface area contributed by atoms with Crippen LogP contribution in [0, 0.1) is 0 Å². The molecule has 3 nitrogen and oxygen atoms in total. The first-order chi connectivity index (χ1) is 9.53. The third-order valence-corrected chi connectivity index (χ3v) is 3.19. The van der Waals surface area contributed by atoms with Gasteiger partial charge in [-0.2, -0.15) is 0 Å². The number of esters is 1. The Morgan fingerprint density at radius 3 is 2.35 bits per heavy atom. The summed E-state index contributed by atoms with van der Waals surface area (Å²) in [5.41, 5.74) is 2.11. The topological polar surface area (TPSA) is 43.4 Å². The standard InChI is InChI=1S/C16H19FO3/c1-4-13(15(18)10-17)9-12-5-7-14(8-6-12)11(2)16(19)20-3/h5-9,11H,4,10H2,1-3H3. The SMILES string of the molecule is CCC(=Cc1ccc(C(C)C(=O)OC)cc1)C(=O)CF. The second-order valence-electron chi connectivity index (χ2n) is 4.49.